The van der Waals surface area contributed by atoms with E-state index in [1.54, 1.807) is 43.6 Å². The molecule has 1 aliphatic carbocycles. The number of fused-ring (bicyclic) bond motifs is 1. The summed E-state index contributed by atoms with van der Waals surface area (Å²) in [7, 11) is -1.97. The number of nitrogens with one attached hydrogen (secondary N) is 1. The number of hydrogen-bond acceptors (Lipinski definition) is 9. The Balaban J connectivity index is 1.18. The Hall–Kier alpha value is -4.74. The van der Waals surface area contributed by atoms with Gasteiger partial charge in [-0.3, -0.25) is 4.98 Å². The molecule has 3 heterocycles. The summed E-state index contributed by atoms with van der Waals surface area (Å²) in [6.45, 7) is 0.885. The largest absolute Gasteiger partial charge is 0.473 e. The summed E-state index contributed by atoms with van der Waals surface area (Å²) in [5, 5.41) is 19.2. The van der Waals surface area contributed by atoms with Gasteiger partial charge in [0.2, 0.25) is 15.9 Å². The van der Waals surface area contributed by atoms with Crippen molar-refractivity contribution in [3.8, 4) is 23.2 Å². The van der Waals surface area contributed by atoms with Gasteiger partial charge in [-0.1, -0.05) is 18.2 Å². The number of aromatic nitrogens is 4. The highest BCUT2D eigenvalue weighted by molar-refractivity contribution is 7.90. The van der Waals surface area contributed by atoms with Gasteiger partial charge < -0.3 is 19.1 Å². The highest BCUT2D eigenvalue weighted by Gasteiger charge is 2.37. The average Bonchev–Trinajstić information content (AvgIpc) is 3.87. The van der Waals surface area contributed by atoms with Gasteiger partial charge in [-0.2, -0.15) is 9.98 Å². The van der Waals surface area contributed by atoms with Crippen LogP contribution in [0.15, 0.2) is 72.9 Å². The molecule has 2 aromatic carbocycles. The molecule has 0 aliphatic heterocycles. The zero-order valence-electron chi connectivity index (χ0n) is 24.9. The molecule has 1 aliphatic rings. The molecule has 6 rings (SSSR count). The molecule has 0 saturated heterocycles. The van der Waals surface area contributed by atoms with Gasteiger partial charge in [0.25, 0.3) is 0 Å². The van der Waals surface area contributed by atoms with E-state index in [2.05, 4.69) is 14.7 Å². The fraction of sp³-hybridized carbons (Fsp3) is 0.273. The lowest BCUT2D eigenvalue weighted by Crippen LogP contribution is -2.31. The molecule has 0 bridgehead atoms. The van der Waals surface area contributed by atoms with E-state index in [1.165, 1.54) is 18.2 Å². The van der Waals surface area contributed by atoms with Gasteiger partial charge in [-0.15, -0.1) is 0 Å². The van der Waals surface area contributed by atoms with Crippen LogP contribution in [0.5, 0.6) is 5.88 Å². The molecule has 0 radical (unpaired) electrons. The molecule has 0 amide bonds. The number of sulfonamides is 1. The number of pyridine rings is 2. The zero-order valence-corrected chi connectivity index (χ0v) is 25.7. The minimum absolute atomic E-state index is 0.0359. The van der Waals surface area contributed by atoms with Crippen molar-refractivity contribution in [3.05, 3.63) is 107 Å². The number of methoxy groups -OCH3 is 1. The first kappa shape index (κ1) is 31.3. The number of halogens is 1. The third-order valence-electron chi connectivity index (χ3n) is 7.67. The lowest BCUT2D eigenvalue weighted by molar-refractivity contribution is 0.166. The van der Waals surface area contributed by atoms with Crippen LogP contribution in [0.25, 0.3) is 22.3 Å². The predicted octanol–water partition coefficient (Wildman–Crippen LogP) is 4.39. The molecule has 1 atom stereocenters. The second-order valence-electron chi connectivity index (χ2n) is 11.0. The third-order valence-corrected chi connectivity index (χ3v) is 9.57. The van der Waals surface area contributed by atoms with E-state index in [0.717, 1.165) is 22.6 Å². The summed E-state index contributed by atoms with van der Waals surface area (Å²) in [4.78, 5) is 14.0. The van der Waals surface area contributed by atoms with Crippen LogP contribution >= 0.6 is 0 Å². The fourth-order valence-corrected chi connectivity index (χ4v) is 6.41. The highest BCUT2D eigenvalue weighted by atomic mass is 32.2. The van der Waals surface area contributed by atoms with E-state index in [1.807, 2.05) is 28.8 Å². The van der Waals surface area contributed by atoms with Crippen LogP contribution in [-0.2, 0) is 34.3 Å². The monoisotopic (exact) mass is 642 g/mol. The lowest BCUT2D eigenvalue weighted by Gasteiger charge is -2.14. The molecule has 1 unspecified atom stereocenters. The second kappa shape index (κ2) is 13.3. The molecule has 2 N–H and O–H groups in total. The van der Waals surface area contributed by atoms with Crippen LogP contribution in [0.2, 0.25) is 0 Å². The van der Waals surface area contributed by atoms with Crippen molar-refractivity contribution in [1.29, 1.82) is 5.26 Å². The minimum atomic E-state index is -3.58. The van der Waals surface area contributed by atoms with E-state index in [-0.39, 0.29) is 12.2 Å². The standard InChI is InChI=1S/C33H31FN6O5S/c1-44-14-13-40-30-16-22(33(41)39-46(42,43)26-10-11-26)8-12-29(30)37-31(40)17-25-9-7-23(19-36-25)28-3-2-4-32(38-28)45-20-24-6-5-21(18-35)15-27(24)34/h2-9,12,15-16,19,26,33,39,41H,10-11,13-14,17,20H2,1H3. The SMILES string of the molecule is COCCn1c(Cc2ccc(-c3cccc(OCc4ccc(C#N)cc4F)n3)cn2)nc2ccc(C(O)NS(=O)(=O)C3CC3)cc21. The molecule has 0 spiro atoms. The van der Waals surface area contributed by atoms with E-state index >= 15 is 0 Å². The highest BCUT2D eigenvalue weighted by Crippen LogP contribution is 2.30. The number of aliphatic hydroxyl groups is 1. The van der Waals surface area contributed by atoms with E-state index in [9.17, 15) is 17.9 Å². The van der Waals surface area contributed by atoms with Gasteiger partial charge in [0.15, 0.2) is 0 Å². The molecule has 11 nitrogen and oxygen atoms in total. The number of hydrogen-bond donors (Lipinski definition) is 2. The molecule has 236 valence electrons. The Morgan fingerprint density at radius 2 is 1.98 bits per heavy atom. The van der Waals surface area contributed by atoms with Gasteiger partial charge >= 0.3 is 0 Å². The number of nitriles is 1. The summed E-state index contributed by atoms with van der Waals surface area (Å²) < 4.78 is 54.4. The number of imidazole rings is 1. The molecular formula is C33H31FN6O5S. The van der Waals surface area contributed by atoms with Crippen LogP contribution in [0.3, 0.4) is 0 Å². The lowest BCUT2D eigenvalue weighted by atomic mass is 10.1. The quantitative estimate of drug-likeness (QED) is 0.178. The fourth-order valence-electron chi connectivity index (χ4n) is 5.01. The number of ether oxygens (including phenoxy) is 2. The maximum Gasteiger partial charge on any atom is 0.216 e. The predicted molar refractivity (Wildman–Crippen MR) is 167 cm³/mol. The van der Waals surface area contributed by atoms with Crippen LogP contribution in [0.4, 0.5) is 4.39 Å². The van der Waals surface area contributed by atoms with Gasteiger partial charge in [0, 0.05) is 49.2 Å². The van der Waals surface area contributed by atoms with Gasteiger partial charge in [0.05, 0.1) is 40.2 Å². The van der Waals surface area contributed by atoms with Crippen LogP contribution < -0.4 is 9.46 Å². The van der Waals surface area contributed by atoms with Crippen LogP contribution in [0, 0.1) is 17.1 Å². The topological polar surface area (TPSA) is 152 Å². The summed E-state index contributed by atoms with van der Waals surface area (Å²) in [6, 6.07) is 20.4. The number of benzene rings is 2. The van der Waals surface area contributed by atoms with Gasteiger partial charge in [-0.05, 0) is 60.9 Å². The molecule has 5 aromatic rings. The number of rotatable bonds is 13. The minimum Gasteiger partial charge on any atom is -0.473 e. The van der Waals surface area contributed by atoms with Crippen molar-refractivity contribution < 1.29 is 27.4 Å². The Bertz CT molecular complexity index is 2020. The number of aliphatic hydroxyl groups excluding tert-OH is 1. The smallest absolute Gasteiger partial charge is 0.216 e. The van der Waals surface area contributed by atoms with Crippen molar-refractivity contribution in [2.45, 2.75) is 43.9 Å². The van der Waals surface area contributed by atoms with Gasteiger partial charge in [0.1, 0.15) is 24.5 Å². The first-order chi connectivity index (χ1) is 22.2. The van der Waals surface area contributed by atoms with Crippen LogP contribution in [0.1, 0.15) is 47.3 Å². The molecule has 3 aromatic heterocycles. The summed E-state index contributed by atoms with van der Waals surface area (Å²) in [5.74, 6) is 0.545. The summed E-state index contributed by atoms with van der Waals surface area (Å²) in [6.07, 6.45) is 1.96. The Morgan fingerprint density at radius 1 is 1.13 bits per heavy atom. The molecule has 46 heavy (non-hydrogen) atoms. The van der Waals surface area contributed by atoms with Crippen molar-refractivity contribution in [1.82, 2.24) is 24.2 Å². The first-order valence-electron chi connectivity index (χ1n) is 14.6. The van der Waals surface area contributed by atoms with Gasteiger partial charge in [-0.25, -0.2) is 22.8 Å². The van der Waals surface area contributed by atoms with Crippen molar-refractivity contribution >= 4 is 21.1 Å². The Kier molecular flexibility index (Phi) is 9.05. The average molecular weight is 643 g/mol. The van der Waals surface area contributed by atoms with Crippen molar-refractivity contribution in [2.75, 3.05) is 13.7 Å². The zero-order chi connectivity index (χ0) is 32.3. The summed E-state index contributed by atoms with van der Waals surface area (Å²) in [5.41, 5.74) is 4.58. The van der Waals surface area contributed by atoms with E-state index < -0.39 is 27.3 Å². The van der Waals surface area contributed by atoms with Crippen LogP contribution in [-0.4, -0.2) is 52.0 Å². The molecular weight excluding hydrogens is 611 g/mol. The Morgan fingerprint density at radius 3 is 2.70 bits per heavy atom. The second-order valence-corrected chi connectivity index (χ2v) is 13.0. The van der Waals surface area contributed by atoms with E-state index in [4.69, 9.17) is 19.7 Å². The van der Waals surface area contributed by atoms with Crippen molar-refractivity contribution in [3.63, 3.8) is 0 Å². The van der Waals surface area contributed by atoms with E-state index in [0.29, 0.717) is 60.6 Å². The first-order valence-corrected chi connectivity index (χ1v) is 16.2. The molecule has 13 heteroatoms. The molecule has 1 saturated carbocycles. The maximum atomic E-state index is 14.2. The third kappa shape index (κ3) is 7.05. The van der Waals surface area contributed by atoms with Crippen molar-refractivity contribution in [2.24, 2.45) is 0 Å². The summed E-state index contributed by atoms with van der Waals surface area (Å²) >= 11 is 0. The Labute approximate surface area is 265 Å². The molecule has 1 fully saturated rings. The number of nitrogens with zero attached hydrogens (tertiary/aromatic N) is 5. The maximum absolute atomic E-state index is 14.2. The normalized spacial score (nSPS) is 13.9.